The van der Waals surface area contributed by atoms with Crippen LogP contribution in [0.5, 0.6) is 0 Å². The standard InChI is InChI=1S/C13H13N3O/c14-11-7-6-10(8-12(11)16-13(15)17)9-4-2-1-3-5-9/h1-8H,14H2,(H3,15,16,17). The van der Waals surface area contributed by atoms with Gasteiger partial charge in [-0.05, 0) is 23.3 Å². The van der Waals surface area contributed by atoms with Crippen molar-refractivity contribution in [3.63, 3.8) is 0 Å². The molecule has 2 amide bonds. The molecule has 5 N–H and O–H groups in total. The van der Waals surface area contributed by atoms with Gasteiger partial charge in [0.05, 0.1) is 11.4 Å². The second-order valence-corrected chi connectivity index (χ2v) is 3.66. The molecule has 0 aromatic heterocycles. The maximum atomic E-state index is 10.8. The molecule has 0 atom stereocenters. The molecular formula is C13H13N3O. The van der Waals surface area contributed by atoms with Crippen molar-refractivity contribution in [1.29, 1.82) is 0 Å². The summed E-state index contributed by atoms with van der Waals surface area (Å²) < 4.78 is 0. The Morgan fingerprint density at radius 1 is 1.00 bits per heavy atom. The number of nitrogen functional groups attached to an aromatic ring is 1. The monoisotopic (exact) mass is 227 g/mol. The summed E-state index contributed by atoms with van der Waals surface area (Å²) in [5.74, 6) is 0. The highest BCUT2D eigenvalue weighted by atomic mass is 16.2. The predicted octanol–water partition coefficient (Wildman–Crippen LogP) is 2.43. The number of anilines is 2. The van der Waals surface area contributed by atoms with Crippen LogP contribution in [0.4, 0.5) is 16.2 Å². The quantitative estimate of drug-likeness (QED) is 0.688. The van der Waals surface area contributed by atoms with Crippen LogP contribution in [0.3, 0.4) is 0 Å². The zero-order chi connectivity index (χ0) is 12.3. The van der Waals surface area contributed by atoms with E-state index in [1.54, 1.807) is 12.1 Å². The van der Waals surface area contributed by atoms with Gasteiger partial charge in [0.15, 0.2) is 0 Å². The summed E-state index contributed by atoms with van der Waals surface area (Å²) in [4.78, 5) is 10.8. The van der Waals surface area contributed by atoms with Gasteiger partial charge < -0.3 is 16.8 Å². The lowest BCUT2D eigenvalue weighted by atomic mass is 10.0. The molecule has 0 aliphatic heterocycles. The molecule has 0 spiro atoms. The van der Waals surface area contributed by atoms with Crippen molar-refractivity contribution >= 4 is 17.4 Å². The Balaban J connectivity index is 2.41. The number of nitrogens with one attached hydrogen (secondary N) is 1. The first-order valence-electron chi connectivity index (χ1n) is 5.18. The van der Waals surface area contributed by atoms with Crippen LogP contribution in [0, 0.1) is 0 Å². The Morgan fingerprint density at radius 2 is 1.71 bits per heavy atom. The number of primary amides is 1. The number of carbonyl (C=O) groups is 1. The van der Waals surface area contributed by atoms with Gasteiger partial charge in [-0.3, -0.25) is 0 Å². The highest BCUT2D eigenvalue weighted by molar-refractivity contribution is 5.92. The smallest absolute Gasteiger partial charge is 0.316 e. The molecule has 0 saturated heterocycles. The zero-order valence-electron chi connectivity index (χ0n) is 9.18. The molecule has 4 heteroatoms. The van der Waals surface area contributed by atoms with Gasteiger partial charge in [-0.2, -0.15) is 0 Å². The average molecular weight is 227 g/mol. The summed E-state index contributed by atoms with van der Waals surface area (Å²) in [6.45, 7) is 0. The van der Waals surface area contributed by atoms with Gasteiger partial charge in [0.1, 0.15) is 0 Å². The highest BCUT2D eigenvalue weighted by Gasteiger charge is 2.04. The molecule has 4 nitrogen and oxygen atoms in total. The highest BCUT2D eigenvalue weighted by Crippen LogP contribution is 2.26. The first-order chi connectivity index (χ1) is 8.16. The Hall–Kier alpha value is -2.49. The molecule has 0 bridgehead atoms. The molecule has 0 fully saturated rings. The number of benzene rings is 2. The zero-order valence-corrected chi connectivity index (χ0v) is 9.18. The van der Waals surface area contributed by atoms with Crippen LogP contribution in [0.2, 0.25) is 0 Å². The van der Waals surface area contributed by atoms with Crippen LogP contribution in [0.25, 0.3) is 11.1 Å². The average Bonchev–Trinajstić information content (AvgIpc) is 2.32. The van der Waals surface area contributed by atoms with Crippen LogP contribution < -0.4 is 16.8 Å². The van der Waals surface area contributed by atoms with Crippen molar-refractivity contribution < 1.29 is 4.79 Å². The summed E-state index contributed by atoms with van der Waals surface area (Å²) in [7, 11) is 0. The van der Waals surface area contributed by atoms with E-state index in [2.05, 4.69) is 5.32 Å². The summed E-state index contributed by atoms with van der Waals surface area (Å²) in [6.07, 6.45) is 0. The molecule has 17 heavy (non-hydrogen) atoms. The molecule has 2 rings (SSSR count). The molecule has 0 aliphatic rings. The molecule has 0 aliphatic carbocycles. The van der Waals surface area contributed by atoms with Gasteiger partial charge in [-0.15, -0.1) is 0 Å². The van der Waals surface area contributed by atoms with E-state index in [4.69, 9.17) is 11.5 Å². The third-order valence-corrected chi connectivity index (χ3v) is 2.42. The van der Waals surface area contributed by atoms with Crippen LogP contribution in [-0.4, -0.2) is 6.03 Å². The maximum absolute atomic E-state index is 10.8. The van der Waals surface area contributed by atoms with Crippen molar-refractivity contribution in [3.05, 3.63) is 48.5 Å². The SMILES string of the molecule is NC(=O)Nc1cc(-c2ccccc2)ccc1N. The molecule has 0 heterocycles. The molecular weight excluding hydrogens is 214 g/mol. The fourth-order valence-electron chi connectivity index (χ4n) is 1.61. The maximum Gasteiger partial charge on any atom is 0.316 e. The van der Waals surface area contributed by atoms with Crippen LogP contribution in [0.15, 0.2) is 48.5 Å². The Labute approximate surface area is 99.2 Å². The fraction of sp³-hybridized carbons (Fsp3) is 0. The minimum Gasteiger partial charge on any atom is -0.397 e. The molecule has 2 aromatic carbocycles. The lowest BCUT2D eigenvalue weighted by molar-refractivity contribution is 0.259. The van der Waals surface area contributed by atoms with E-state index in [0.717, 1.165) is 11.1 Å². The normalized spacial score (nSPS) is 9.88. The Bertz CT molecular complexity index is 538. The van der Waals surface area contributed by atoms with Gasteiger partial charge in [-0.25, -0.2) is 4.79 Å². The Morgan fingerprint density at radius 3 is 2.35 bits per heavy atom. The third kappa shape index (κ3) is 2.55. The predicted molar refractivity (Wildman–Crippen MR) is 69.5 cm³/mol. The van der Waals surface area contributed by atoms with E-state index < -0.39 is 6.03 Å². The second kappa shape index (κ2) is 4.57. The minimum absolute atomic E-state index is 0.489. The third-order valence-electron chi connectivity index (χ3n) is 2.42. The number of amides is 2. The molecule has 0 radical (unpaired) electrons. The fourth-order valence-corrected chi connectivity index (χ4v) is 1.61. The lowest BCUT2D eigenvalue weighted by Gasteiger charge is -2.08. The van der Waals surface area contributed by atoms with Gasteiger partial charge in [0, 0.05) is 0 Å². The summed E-state index contributed by atoms with van der Waals surface area (Å²) in [6, 6.07) is 14.6. The van der Waals surface area contributed by atoms with Crippen molar-refractivity contribution in [2.45, 2.75) is 0 Å². The van der Waals surface area contributed by atoms with Gasteiger partial charge >= 0.3 is 6.03 Å². The van der Waals surface area contributed by atoms with E-state index in [1.165, 1.54) is 0 Å². The van der Waals surface area contributed by atoms with Crippen LogP contribution in [-0.2, 0) is 0 Å². The molecule has 2 aromatic rings. The largest absolute Gasteiger partial charge is 0.397 e. The lowest BCUT2D eigenvalue weighted by Crippen LogP contribution is -2.20. The van der Waals surface area contributed by atoms with Crippen molar-refractivity contribution in [1.82, 2.24) is 0 Å². The van der Waals surface area contributed by atoms with Crippen LogP contribution in [0.1, 0.15) is 0 Å². The van der Waals surface area contributed by atoms with Crippen molar-refractivity contribution in [2.24, 2.45) is 5.73 Å². The number of carbonyl (C=O) groups excluding carboxylic acids is 1. The Kier molecular flexibility index (Phi) is 2.96. The molecule has 0 saturated carbocycles. The van der Waals surface area contributed by atoms with Crippen molar-refractivity contribution in [3.8, 4) is 11.1 Å². The van der Waals surface area contributed by atoms with Gasteiger partial charge in [-0.1, -0.05) is 36.4 Å². The van der Waals surface area contributed by atoms with Crippen molar-refractivity contribution in [2.75, 3.05) is 11.1 Å². The summed E-state index contributed by atoms with van der Waals surface area (Å²) >= 11 is 0. The topological polar surface area (TPSA) is 81.1 Å². The van der Waals surface area contributed by atoms with Crippen LogP contribution >= 0.6 is 0 Å². The van der Waals surface area contributed by atoms with E-state index in [-0.39, 0.29) is 0 Å². The minimum atomic E-state index is -0.623. The summed E-state index contributed by atoms with van der Waals surface area (Å²) in [5, 5.41) is 2.50. The number of hydrogen-bond donors (Lipinski definition) is 3. The van der Waals surface area contributed by atoms with Gasteiger partial charge in [0.25, 0.3) is 0 Å². The second-order valence-electron chi connectivity index (χ2n) is 3.66. The molecule has 86 valence electrons. The number of hydrogen-bond acceptors (Lipinski definition) is 2. The van der Waals surface area contributed by atoms with E-state index in [0.29, 0.717) is 11.4 Å². The first-order valence-corrected chi connectivity index (χ1v) is 5.18. The van der Waals surface area contributed by atoms with E-state index in [9.17, 15) is 4.79 Å². The van der Waals surface area contributed by atoms with Gasteiger partial charge in [0.2, 0.25) is 0 Å². The summed E-state index contributed by atoms with van der Waals surface area (Å²) in [5.41, 5.74) is 13.9. The number of urea groups is 1. The van der Waals surface area contributed by atoms with E-state index >= 15 is 0 Å². The number of rotatable bonds is 2. The van der Waals surface area contributed by atoms with E-state index in [1.807, 2.05) is 36.4 Å². The first kappa shape index (κ1) is 11.0. The number of nitrogens with two attached hydrogens (primary N) is 2. The molecule has 0 unspecified atom stereocenters.